The molecule has 2 aromatic heterocycles. The van der Waals surface area contributed by atoms with E-state index < -0.39 is 23.5 Å². The van der Waals surface area contributed by atoms with Gasteiger partial charge in [-0.3, -0.25) is 14.5 Å². The monoisotopic (exact) mass is 445 g/mol. The van der Waals surface area contributed by atoms with E-state index in [1.54, 1.807) is 12.1 Å². The number of hydrogen-bond donors (Lipinski definition) is 1. The lowest BCUT2D eigenvalue weighted by molar-refractivity contribution is -0.141. The standard InChI is InChI=1S/C22H22F3N5O2/c1-32-18-9-15-13(12-30(29-15)14-2-4-21(5-3-14)6-7-21)8-16(18)28-20(31)17-10-26-11-19(27-17)22(23,24)25/h8-12,14H,2-7H2,1H3,(H,28,31). The van der Waals surface area contributed by atoms with Crippen LogP contribution >= 0.6 is 0 Å². The lowest BCUT2D eigenvalue weighted by Crippen LogP contribution is -2.19. The summed E-state index contributed by atoms with van der Waals surface area (Å²) in [5.74, 6) is -0.452. The maximum Gasteiger partial charge on any atom is 0.434 e. The second-order valence-corrected chi connectivity index (χ2v) is 8.69. The van der Waals surface area contributed by atoms with Crippen molar-refractivity contribution in [2.24, 2.45) is 5.41 Å². The summed E-state index contributed by atoms with van der Waals surface area (Å²) in [6, 6.07) is 3.77. The molecule has 2 aliphatic carbocycles. The third-order valence-electron chi connectivity index (χ3n) is 6.60. The minimum Gasteiger partial charge on any atom is -0.494 e. The van der Waals surface area contributed by atoms with E-state index in [4.69, 9.17) is 9.84 Å². The highest BCUT2D eigenvalue weighted by molar-refractivity contribution is 6.04. The fourth-order valence-corrected chi connectivity index (χ4v) is 4.48. The van der Waals surface area contributed by atoms with Crippen LogP contribution in [0.25, 0.3) is 10.9 Å². The fourth-order valence-electron chi connectivity index (χ4n) is 4.48. The second kappa shape index (κ2) is 7.46. The predicted octanol–water partition coefficient (Wildman–Crippen LogP) is 5.00. The van der Waals surface area contributed by atoms with Crippen LogP contribution in [0.4, 0.5) is 18.9 Å². The van der Waals surface area contributed by atoms with Crippen molar-refractivity contribution in [3.05, 3.63) is 42.1 Å². The van der Waals surface area contributed by atoms with Crippen LogP contribution < -0.4 is 10.1 Å². The molecule has 0 atom stereocenters. The number of halogens is 3. The van der Waals surface area contributed by atoms with Crippen LogP contribution in [0.5, 0.6) is 5.75 Å². The minimum absolute atomic E-state index is 0.323. The number of ether oxygens (including phenoxy) is 1. The first-order valence-electron chi connectivity index (χ1n) is 10.5. The quantitative estimate of drug-likeness (QED) is 0.611. The van der Waals surface area contributed by atoms with Crippen molar-refractivity contribution in [1.29, 1.82) is 0 Å². The first-order valence-corrected chi connectivity index (χ1v) is 10.5. The van der Waals surface area contributed by atoms with E-state index in [1.165, 1.54) is 32.8 Å². The van der Waals surface area contributed by atoms with Gasteiger partial charge in [0.05, 0.1) is 36.7 Å². The number of rotatable bonds is 4. The Morgan fingerprint density at radius 2 is 1.94 bits per heavy atom. The zero-order valence-corrected chi connectivity index (χ0v) is 17.4. The van der Waals surface area contributed by atoms with Gasteiger partial charge in [0.1, 0.15) is 11.4 Å². The van der Waals surface area contributed by atoms with Gasteiger partial charge in [-0.2, -0.15) is 18.3 Å². The Morgan fingerprint density at radius 1 is 1.19 bits per heavy atom. The third kappa shape index (κ3) is 3.89. The number of hydrogen-bond acceptors (Lipinski definition) is 5. The summed E-state index contributed by atoms with van der Waals surface area (Å²) in [6.45, 7) is 0. The molecule has 2 aliphatic rings. The van der Waals surface area contributed by atoms with Gasteiger partial charge < -0.3 is 10.1 Å². The minimum atomic E-state index is -4.69. The number of fused-ring (bicyclic) bond motifs is 1. The molecule has 5 rings (SSSR count). The third-order valence-corrected chi connectivity index (χ3v) is 6.60. The summed E-state index contributed by atoms with van der Waals surface area (Å²) in [5, 5.41) is 8.10. The molecular weight excluding hydrogens is 423 g/mol. The molecule has 0 bridgehead atoms. The number of amides is 1. The highest BCUT2D eigenvalue weighted by Gasteiger charge is 2.45. The lowest BCUT2D eigenvalue weighted by atomic mass is 9.83. The van der Waals surface area contributed by atoms with Crippen molar-refractivity contribution in [3.8, 4) is 5.75 Å². The van der Waals surface area contributed by atoms with E-state index >= 15 is 0 Å². The second-order valence-electron chi connectivity index (χ2n) is 8.69. The number of benzene rings is 1. The Balaban J connectivity index is 1.39. The number of methoxy groups -OCH3 is 1. The maximum absolute atomic E-state index is 12.9. The summed E-state index contributed by atoms with van der Waals surface area (Å²) in [7, 11) is 1.45. The van der Waals surface area contributed by atoms with Crippen molar-refractivity contribution >= 4 is 22.5 Å². The summed E-state index contributed by atoms with van der Waals surface area (Å²) < 4.78 is 46.0. The van der Waals surface area contributed by atoms with Crippen molar-refractivity contribution < 1.29 is 22.7 Å². The number of alkyl halides is 3. The molecule has 1 N–H and O–H groups in total. The topological polar surface area (TPSA) is 81.9 Å². The highest BCUT2D eigenvalue weighted by atomic mass is 19.4. The molecule has 168 valence electrons. The van der Waals surface area contributed by atoms with Crippen LogP contribution in [0.15, 0.2) is 30.7 Å². The molecule has 0 unspecified atom stereocenters. The van der Waals surface area contributed by atoms with Crippen LogP contribution in [0.1, 0.15) is 60.7 Å². The Hall–Kier alpha value is -3.17. The van der Waals surface area contributed by atoms with Crippen LogP contribution in [0.3, 0.4) is 0 Å². The van der Waals surface area contributed by atoms with Crippen molar-refractivity contribution in [2.45, 2.75) is 50.7 Å². The first kappa shape index (κ1) is 20.7. The highest BCUT2D eigenvalue weighted by Crippen LogP contribution is 2.57. The summed E-state index contributed by atoms with van der Waals surface area (Å²) in [6.07, 6.45) is 6.18. The number of nitrogens with one attached hydrogen (secondary N) is 1. The smallest absolute Gasteiger partial charge is 0.434 e. The predicted molar refractivity (Wildman–Crippen MR) is 110 cm³/mol. The van der Waals surface area contributed by atoms with Gasteiger partial charge in [-0.1, -0.05) is 0 Å². The van der Waals surface area contributed by atoms with E-state index in [-0.39, 0.29) is 0 Å². The fraction of sp³-hybridized carbons (Fsp3) is 0.455. The largest absolute Gasteiger partial charge is 0.494 e. The molecule has 3 aromatic rings. The summed E-state index contributed by atoms with van der Waals surface area (Å²) >= 11 is 0. The van der Waals surface area contributed by atoms with Gasteiger partial charge in [-0.05, 0) is 50.0 Å². The first-order chi connectivity index (χ1) is 15.3. The van der Waals surface area contributed by atoms with Gasteiger partial charge in [0.25, 0.3) is 5.91 Å². The van der Waals surface area contributed by atoms with E-state index in [0.717, 1.165) is 29.9 Å². The van der Waals surface area contributed by atoms with E-state index in [9.17, 15) is 18.0 Å². The van der Waals surface area contributed by atoms with E-state index in [2.05, 4.69) is 15.3 Å². The van der Waals surface area contributed by atoms with Gasteiger partial charge >= 0.3 is 6.18 Å². The van der Waals surface area contributed by atoms with Crippen LogP contribution in [-0.2, 0) is 6.18 Å². The van der Waals surface area contributed by atoms with Crippen molar-refractivity contribution in [3.63, 3.8) is 0 Å². The zero-order chi connectivity index (χ0) is 22.5. The molecule has 10 heteroatoms. The molecule has 1 spiro atoms. The molecular formula is C22H22F3N5O2. The number of aromatic nitrogens is 4. The lowest BCUT2D eigenvalue weighted by Gasteiger charge is -2.28. The maximum atomic E-state index is 12.9. The molecule has 2 saturated carbocycles. The van der Waals surface area contributed by atoms with Gasteiger partial charge in [-0.15, -0.1) is 0 Å². The SMILES string of the molecule is COc1cc2nn(C3CCC4(CC3)CC4)cc2cc1NC(=O)c1cncc(C(F)(F)F)n1. The van der Waals surface area contributed by atoms with Crippen LogP contribution in [0, 0.1) is 5.41 Å². The summed E-state index contributed by atoms with van der Waals surface area (Å²) in [4.78, 5) is 19.4. The number of nitrogens with zero attached hydrogens (tertiary/aromatic N) is 4. The van der Waals surface area contributed by atoms with Crippen molar-refractivity contribution in [2.75, 3.05) is 12.4 Å². The molecule has 7 nitrogen and oxygen atoms in total. The van der Waals surface area contributed by atoms with E-state index in [1.807, 2.05) is 10.9 Å². The number of anilines is 1. The molecule has 0 saturated heterocycles. The van der Waals surface area contributed by atoms with Gasteiger partial charge in [0, 0.05) is 17.6 Å². The molecule has 2 fully saturated rings. The average Bonchev–Trinajstić information content (AvgIpc) is 3.39. The molecule has 32 heavy (non-hydrogen) atoms. The average molecular weight is 445 g/mol. The Kier molecular flexibility index (Phi) is 4.83. The summed E-state index contributed by atoms with van der Waals surface area (Å²) in [5.41, 5.74) is -0.0197. The number of carbonyl (C=O) groups is 1. The van der Waals surface area contributed by atoms with Crippen LogP contribution in [0.2, 0.25) is 0 Å². The Morgan fingerprint density at radius 3 is 2.59 bits per heavy atom. The van der Waals surface area contributed by atoms with Crippen molar-refractivity contribution in [1.82, 2.24) is 19.7 Å². The molecule has 1 aromatic carbocycles. The Labute approximate surface area is 182 Å². The molecule has 2 heterocycles. The zero-order valence-electron chi connectivity index (χ0n) is 17.4. The Bertz CT molecular complexity index is 1180. The van der Waals surface area contributed by atoms with Gasteiger partial charge in [-0.25, -0.2) is 4.98 Å². The van der Waals surface area contributed by atoms with E-state index in [0.29, 0.717) is 29.1 Å². The van der Waals surface area contributed by atoms with Gasteiger partial charge in [0.2, 0.25) is 0 Å². The van der Waals surface area contributed by atoms with Crippen LogP contribution in [-0.4, -0.2) is 32.8 Å². The molecule has 0 radical (unpaired) electrons. The molecule has 0 aliphatic heterocycles. The number of carbonyl (C=O) groups excluding carboxylic acids is 1. The van der Waals surface area contributed by atoms with Gasteiger partial charge in [0.15, 0.2) is 5.69 Å². The normalized spacial score (nSPS) is 18.1. The molecule has 1 amide bonds.